The van der Waals surface area contributed by atoms with Crippen LogP contribution >= 0.6 is 0 Å². The van der Waals surface area contributed by atoms with Crippen LogP contribution in [0.4, 0.5) is 14.5 Å². The fraction of sp³-hybridized carbons (Fsp3) is 0.188. The number of hydrogen-bond acceptors (Lipinski definition) is 2. The van der Waals surface area contributed by atoms with E-state index in [0.29, 0.717) is 0 Å². The predicted octanol–water partition coefficient (Wildman–Crippen LogP) is 3.95. The molecule has 1 aromatic heterocycles. The van der Waals surface area contributed by atoms with Crippen LogP contribution in [0.3, 0.4) is 0 Å². The Morgan fingerprint density at radius 3 is 2.48 bits per heavy atom. The van der Waals surface area contributed by atoms with Crippen molar-refractivity contribution in [3.8, 4) is 0 Å². The van der Waals surface area contributed by atoms with Gasteiger partial charge in [0.25, 0.3) is 0 Å². The molecule has 5 heteroatoms. The molecule has 21 heavy (non-hydrogen) atoms. The Balaban J connectivity index is 1.92. The van der Waals surface area contributed by atoms with Gasteiger partial charge in [-0.1, -0.05) is 18.2 Å². The van der Waals surface area contributed by atoms with Crippen LogP contribution in [-0.4, -0.2) is 9.55 Å². The molecule has 108 valence electrons. The number of nitrogens with one attached hydrogen (secondary N) is 1. The minimum absolute atomic E-state index is 0.118. The van der Waals surface area contributed by atoms with Gasteiger partial charge in [0.15, 0.2) is 0 Å². The highest BCUT2D eigenvalue weighted by molar-refractivity contribution is 5.76. The van der Waals surface area contributed by atoms with E-state index >= 15 is 0 Å². The topological polar surface area (TPSA) is 29.9 Å². The molecule has 0 bridgehead atoms. The molecule has 3 nitrogen and oxygen atoms in total. The van der Waals surface area contributed by atoms with Crippen molar-refractivity contribution < 1.29 is 8.78 Å². The van der Waals surface area contributed by atoms with Gasteiger partial charge in [-0.2, -0.15) is 0 Å². The number of aryl methyl sites for hydroxylation is 1. The first-order valence-electron chi connectivity index (χ1n) is 6.82. The van der Waals surface area contributed by atoms with Crippen LogP contribution in [-0.2, 0) is 13.1 Å². The summed E-state index contributed by atoms with van der Waals surface area (Å²) in [5.74, 6) is -0.454. The number of fused-ring (bicyclic) bond motifs is 1. The van der Waals surface area contributed by atoms with E-state index in [1.165, 1.54) is 18.2 Å². The summed E-state index contributed by atoms with van der Waals surface area (Å²) in [4.78, 5) is 4.51. The average molecular weight is 287 g/mol. The molecule has 1 heterocycles. The third kappa shape index (κ3) is 2.46. The van der Waals surface area contributed by atoms with Crippen molar-refractivity contribution >= 4 is 16.7 Å². The molecule has 0 fully saturated rings. The van der Waals surface area contributed by atoms with Crippen LogP contribution < -0.4 is 5.32 Å². The summed E-state index contributed by atoms with van der Waals surface area (Å²) in [5, 5.41) is 2.80. The van der Waals surface area contributed by atoms with E-state index in [9.17, 15) is 8.78 Å². The summed E-state index contributed by atoms with van der Waals surface area (Å²) in [7, 11) is 0. The van der Waals surface area contributed by atoms with Crippen molar-refractivity contribution in [2.24, 2.45) is 0 Å². The highest BCUT2D eigenvalue weighted by Gasteiger charge is 2.12. The summed E-state index contributed by atoms with van der Waals surface area (Å²) in [6.45, 7) is 3.03. The number of anilines is 1. The van der Waals surface area contributed by atoms with E-state index < -0.39 is 11.6 Å². The quantitative estimate of drug-likeness (QED) is 0.787. The van der Waals surface area contributed by atoms with E-state index in [0.717, 1.165) is 23.4 Å². The lowest BCUT2D eigenvalue weighted by Crippen LogP contribution is -2.09. The van der Waals surface area contributed by atoms with Crippen molar-refractivity contribution in [2.45, 2.75) is 20.0 Å². The first-order valence-corrected chi connectivity index (χ1v) is 6.82. The van der Waals surface area contributed by atoms with Gasteiger partial charge in [0, 0.05) is 6.54 Å². The molecule has 0 amide bonds. The zero-order chi connectivity index (χ0) is 14.8. The number of aromatic nitrogens is 2. The lowest BCUT2D eigenvalue weighted by Gasteiger charge is -2.10. The van der Waals surface area contributed by atoms with E-state index in [1.54, 1.807) is 0 Å². The van der Waals surface area contributed by atoms with E-state index in [2.05, 4.69) is 10.3 Å². The van der Waals surface area contributed by atoms with Crippen LogP contribution in [0.15, 0.2) is 42.5 Å². The average Bonchev–Trinajstić information content (AvgIpc) is 2.84. The zero-order valence-electron chi connectivity index (χ0n) is 11.6. The van der Waals surface area contributed by atoms with Gasteiger partial charge in [-0.05, 0) is 31.2 Å². The van der Waals surface area contributed by atoms with E-state index in [4.69, 9.17) is 0 Å². The molecular formula is C16H15F2N3. The molecule has 0 radical (unpaired) electrons. The number of para-hydroxylation sites is 3. The van der Waals surface area contributed by atoms with Crippen LogP contribution in [0, 0.1) is 11.6 Å². The Morgan fingerprint density at radius 1 is 1.05 bits per heavy atom. The highest BCUT2D eigenvalue weighted by atomic mass is 19.1. The van der Waals surface area contributed by atoms with Crippen LogP contribution in [0.1, 0.15) is 12.7 Å². The predicted molar refractivity (Wildman–Crippen MR) is 79.1 cm³/mol. The fourth-order valence-electron chi connectivity index (χ4n) is 2.45. The van der Waals surface area contributed by atoms with Gasteiger partial charge < -0.3 is 9.88 Å². The Morgan fingerprint density at radius 2 is 1.76 bits per heavy atom. The molecule has 0 aliphatic heterocycles. The maximum absolute atomic E-state index is 13.6. The Labute approximate surface area is 121 Å². The summed E-state index contributed by atoms with van der Waals surface area (Å²) >= 11 is 0. The highest BCUT2D eigenvalue weighted by Crippen LogP contribution is 2.20. The van der Waals surface area contributed by atoms with Crippen molar-refractivity contribution in [1.29, 1.82) is 0 Å². The third-order valence-corrected chi connectivity index (χ3v) is 3.44. The molecule has 3 rings (SSSR count). The maximum Gasteiger partial charge on any atom is 0.149 e. The number of hydrogen-bond donors (Lipinski definition) is 1. The molecule has 0 saturated carbocycles. The minimum atomic E-state index is -0.603. The van der Waals surface area contributed by atoms with Gasteiger partial charge in [0.2, 0.25) is 0 Å². The monoisotopic (exact) mass is 287 g/mol. The number of benzene rings is 2. The van der Waals surface area contributed by atoms with Crippen molar-refractivity contribution in [1.82, 2.24) is 9.55 Å². The van der Waals surface area contributed by atoms with Gasteiger partial charge in [-0.25, -0.2) is 13.8 Å². The number of halogens is 2. The lowest BCUT2D eigenvalue weighted by molar-refractivity contribution is 0.586. The molecule has 0 aliphatic rings. The van der Waals surface area contributed by atoms with E-state index in [-0.39, 0.29) is 12.2 Å². The van der Waals surface area contributed by atoms with Crippen LogP contribution in [0.2, 0.25) is 0 Å². The molecule has 1 N–H and O–H groups in total. The number of imidazole rings is 1. The smallest absolute Gasteiger partial charge is 0.149 e. The molecule has 0 spiro atoms. The SMILES string of the molecule is CCn1c(CNc2c(F)cccc2F)nc2ccccc21. The normalized spacial score (nSPS) is 11.0. The maximum atomic E-state index is 13.6. The number of nitrogens with zero attached hydrogens (tertiary/aromatic N) is 2. The Hall–Kier alpha value is -2.43. The molecule has 0 saturated heterocycles. The van der Waals surface area contributed by atoms with Gasteiger partial charge in [0.1, 0.15) is 23.1 Å². The minimum Gasteiger partial charge on any atom is -0.373 e. The van der Waals surface area contributed by atoms with Crippen molar-refractivity contribution in [3.05, 3.63) is 59.9 Å². The summed E-state index contributed by atoms with van der Waals surface area (Å²) in [5.41, 5.74) is 1.78. The molecule has 0 atom stereocenters. The van der Waals surface area contributed by atoms with Gasteiger partial charge >= 0.3 is 0 Å². The zero-order valence-corrected chi connectivity index (χ0v) is 11.6. The van der Waals surface area contributed by atoms with Crippen LogP contribution in [0.25, 0.3) is 11.0 Å². The lowest BCUT2D eigenvalue weighted by atomic mass is 10.3. The first kappa shape index (κ1) is 13.5. The van der Waals surface area contributed by atoms with Crippen molar-refractivity contribution in [2.75, 3.05) is 5.32 Å². The standard InChI is InChI=1S/C16H15F2N3/c1-2-21-14-9-4-3-8-13(14)20-15(21)10-19-16-11(17)6-5-7-12(16)18/h3-9,19H,2,10H2,1H3. The Bertz CT molecular complexity index is 760. The summed E-state index contributed by atoms with van der Waals surface area (Å²) < 4.78 is 29.2. The largest absolute Gasteiger partial charge is 0.373 e. The molecule has 0 aliphatic carbocycles. The van der Waals surface area contributed by atoms with Gasteiger partial charge in [-0.3, -0.25) is 0 Å². The molecular weight excluding hydrogens is 272 g/mol. The molecule has 0 unspecified atom stereocenters. The summed E-state index contributed by atoms with van der Waals surface area (Å²) in [6.07, 6.45) is 0. The Kier molecular flexibility index (Phi) is 3.56. The fourth-order valence-corrected chi connectivity index (χ4v) is 2.45. The summed E-state index contributed by atoms with van der Waals surface area (Å²) in [6, 6.07) is 11.6. The second kappa shape index (κ2) is 5.52. The van der Waals surface area contributed by atoms with Crippen molar-refractivity contribution in [3.63, 3.8) is 0 Å². The second-order valence-electron chi connectivity index (χ2n) is 4.71. The van der Waals surface area contributed by atoms with Gasteiger partial charge in [0.05, 0.1) is 17.6 Å². The van der Waals surface area contributed by atoms with Crippen LogP contribution in [0.5, 0.6) is 0 Å². The molecule has 3 aromatic rings. The van der Waals surface area contributed by atoms with Gasteiger partial charge in [-0.15, -0.1) is 0 Å². The first-order chi connectivity index (χ1) is 10.2. The molecule has 2 aromatic carbocycles. The van der Waals surface area contributed by atoms with E-state index in [1.807, 2.05) is 35.8 Å². The second-order valence-corrected chi connectivity index (χ2v) is 4.71. The third-order valence-electron chi connectivity index (χ3n) is 3.44. The number of rotatable bonds is 4.